The Morgan fingerprint density at radius 1 is 1.29 bits per heavy atom. The Bertz CT molecular complexity index is 396. The standard InChI is InChI=1S/C15H21NO/c1-17-14-8-4-7-13-12(10-16-15(13)14)9-11-5-2-3-6-11/h4,7-8,11-12,16H,2-3,5-6,9-10H2,1H3. The summed E-state index contributed by atoms with van der Waals surface area (Å²) in [4.78, 5) is 0. The fourth-order valence-corrected chi connectivity index (χ4v) is 3.44. The van der Waals surface area contributed by atoms with Gasteiger partial charge in [-0.25, -0.2) is 0 Å². The molecule has 1 fully saturated rings. The van der Waals surface area contributed by atoms with Crippen molar-refractivity contribution in [2.24, 2.45) is 5.92 Å². The number of hydrogen-bond donors (Lipinski definition) is 1. The van der Waals surface area contributed by atoms with Crippen molar-refractivity contribution in [2.75, 3.05) is 19.0 Å². The van der Waals surface area contributed by atoms with Gasteiger partial charge in [0.15, 0.2) is 0 Å². The highest BCUT2D eigenvalue weighted by molar-refractivity contribution is 5.66. The minimum atomic E-state index is 0.697. The second kappa shape index (κ2) is 4.59. The zero-order chi connectivity index (χ0) is 11.7. The lowest BCUT2D eigenvalue weighted by atomic mass is 9.89. The highest BCUT2D eigenvalue weighted by Gasteiger charge is 2.28. The Morgan fingerprint density at radius 3 is 2.88 bits per heavy atom. The summed E-state index contributed by atoms with van der Waals surface area (Å²) in [5.74, 6) is 2.65. The molecule has 0 aromatic heterocycles. The van der Waals surface area contributed by atoms with Gasteiger partial charge in [0.05, 0.1) is 12.8 Å². The van der Waals surface area contributed by atoms with Gasteiger partial charge in [0.2, 0.25) is 0 Å². The zero-order valence-electron chi connectivity index (χ0n) is 10.5. The summed E-state index contributed by atoms with van der Waals surface area (Å²) in [6.07, 6.45) is 7.12. The molecule has 0 bridgehead atoms. The fraction of sp³-hybridized carbons (Fsp3) is 0.600. The maximum Gasteiger partial charge on any atom is 0.142 e. The number of rotatable bonds is 3. The van der Waals surface area contributed by atoms with Gasteiger partial charge >= 0.3 is 0 Å². The maximum absolute atomic E-state index is 5.41. The van der Waals surface area contributed by atoms with Crippen molar-refractivity contribution in [1.29, 1.82) is 0 Å². The zero-order valence-corrected chi connectivity index (χ0v) is 10.5. The minimum absolute atomic E-state index is 0.697. The van der Waals surface area contributed by atoms with E-state index in [1.807, 2.05) is 6.07 Å². The lowest BCUT2D eigenvalue weighted by Gasteiger charge is -2.15. The molecular weight excluding hydrogens is 210 g/mol. The van der Waals surface area contributed by atoms with Crippen molar-refractivity contribution in [3.05, 3.63) is 23.8 Å². The Morgan fingerprint density at radius 2 is 2.12 bits per heavy atom. The Hall–Kier alpha value is -1.18. The molecule has 1 unspecified atom stereocenters. The molecule has 1 aliphatic heterocycles. The maximum atomic E-state index is 5.41. The van der Waals surface area contributed by atoms with Gasteiger partial charge in [-0.1, -0.05) is 37.8 Å². The molecule has 1 saturated carbocycles. The number of para-hydroxylation sites is 1. The first-order chi connectivity index (χ1) is 8.38. The van der Waals surface area contributed by atoms with Gasteiger partial charge in [-0.3, -0.25) is 0 Å². The molecule has 2 aliphatic rings. The molecule has 2 nitrogen and oxygen atoms in total. The number of fused-ring (bicyclic) bond motifs is 1. The third-order valence-corrected chi connectivity index (χ3v) is 4.34. The quantitative estimate of drug-likeness (QED) is 0.854. The Balaban J connectivity index is 1.78. The van der Waals surface area contributed by atoms with Crippen molar-refractivity contribution in [2.45, 2.75) is 38.0 Å². The van der Waals surface area contributed by atoms with Crippen LogP contribution < -0.4 is 10.1 Å². The molecule has 92 valence electrons. The van der Waals surface area contributed by atoms with Gasteiger partial charge in [0.25, 0.3) is 0 Å². The number of ether oxygens (including phenoxy) is 1. The first-order valence-electron chi connectivity index (χ1n) is 6.79. The average Bonchev–Trinajstić information content (AvgIpc) is 2.99. The van der Waals surface area contributed by atoms with E-state index in [4.69, 9.17) is 4.74 Å². The van der Waals surface area contributed by atoms with Crippen LogP contribution in [0.1, 0.15) is 43.6 Å². The van der Waals surface area contributed by atoms with Crippen LogP contribution in [0.15, 0.2) is 18.2 Å². The van der Waals surface area contributed by atoms with Crippen LogP contribution in [0.3, 0.4) is 0 Å². The summed E-state index contributed by atoms with van der Waals surface area (Å²) < 4.78 is 5.41. The molecule has 1 N–H and O–H groups in total. The second-order valence-electron chi connectivity index (χ2n) is 5.39. The van der Waals surface area contributed by atoms with Gasteiger partial charge in [-0.05, 0) is 24.0 Å². The van der Waals surface area contributed by atoms with Crippen LogP contribution in [0.5, 0.6) is 5.75 Å². The SMILES string of the molecule is COc1cccc2c1NCC2CC1CCCC1. The molecule has 2 heteroatoms. The van der Waals surface area contributed by atoms with Crippen molar-refractivity contribution in [1.82, 2.24) is 0 Å². The van der Waals surface area contributed by atoms with Crippen LogP contribution in [0, 0.1) is 5.92 Å². The van der Waals surface area contributed by atoms with E-state index in [2.05, 4.69) is 17.4 Å². The van der Waals surface area contributed by atoms with Gasteiger partial charge in [0, 0.05) is 12.5 Å². The molecule has 3 rings (SSSR count). The van der Waals surface area contributed by atoms with Crippen LogP contribution >= 0.6 is 0 Å². The summed E-state index contributed by atoms with van der Waals surface area (Å²) in [6.45, 7) is 1.09. The van der Waals surface area contributed by atoms with Crippen molar-refractivity contribution in [3.8, 4) is 5.75 Å². The van der Waals surface area contributed by atoms with Crippen LogP contribution in [0.2, 0.25) is 0 Å². The summed E-state index contributed by atoms with van der Waals surface area (Å²) in [6, 6.07) is 6.42. The smallest absolute Gasteiger partial charge is 0.142 e. The van der Waals surface area contributed by atoms with Crippen molar-refractivity contribution >= 4 is 5.69 Å². The number of hydrogen-bond acceptors (Lipinski definition) is 2. The third-order valence-electron chi connectivity index (χ3n) is 4.34. The molecule has 0 spiro atoms. The van der Waals surface area contributed by atoms with Crippen LogP contribution in [-0.2, 0) is 0 Å². The predicted molar refractivity (Wildman–Crippen MR) is 70.8 cm³/mol. The van der Waals surface area contributed by atoms with E-state index in [0.717, 1.165) is 18.2 Å². The van der Waals surface area contributed by atoms with E-state index in [1.54, 1.807) is 7.11 Å². The van der Waals surface area contributed by atoms with Crippen LogP contribution in [-0.4, -0.2) is 13.7 Å². The van der Waals surface area contributed by atoms with Crippen LogP contribution in [0.4, 0.5) is 5.69 Å². The topological polar surface area (TPSA) is 21.3 Å². The normalized spacial score (nSPS) is 23.5. The number of anilines is 1. The summed E-state index contributed by atoms with van der Waals surface area (Å²) in [5.41, 5.74) is 2.70. The van der Waals surface area contributed by atoms with E-state index in [1.165, 1.54) is 43.4 Å². The van der Waals surface area contributed by atoms with Crippen LogP contribution in [0.25, 0.3) is 0 Å². The average molecular weight is 231 g/mol. The van der Waals surface area contributed by atoms with E-state index < -0.39 is 0 Å². The predicted octanol–water partition coefficient (Wildman–Crippen LogP) is 3.78. The van der Waals surface area contributed by atoms with E-state index in [-0.39, 0.29) is 0 Å². The molecule has 1 aromatic rings. The highest BCUT2D eigenvalue weighted by Crippen LogP contribution is 2.43. The third kappa shape index (κ3) is 2.01. The highest BCUT2D eigenvalue weighted by atomic mass is 16.5. The first-order valence-corrected chi connectivity index (χ1v) is 6.79. The van der Waals surface area contributed by atoms with Gasteiger partial charge in [-0.2, -0.15) is 0 Å². The molecule has 17 heavy (non-hydrogen) atoms. The first kappa shape index (κ1) is 10.9. The summed E-state index contributed by atoms with van der Waals surface area (Å²) in [7, 11) is 1.75. The van der Waals surface area contributed by atoms with E-state index in [0.29, 0.717) is 5.92 Å². The number of methoxy groups -OCH3 is 1. The van der Waals surface area contributed by atoms with Gasteiger partial charge < -0.3 is 10.1 Å². The van der Waals surface area contributed by atoms with E-state index in [9.17, 15) is 0 Å². The molecule has 0 amide bonds. The molecular formula is C15H21NO. The molecule has 1 heterocycles. The number of nitrogens with one attached hydrogen (secondary N) is 1. The van der Waals surface area contributed by atoms with Gasteiger partial charge in [-0.15, -0.1) is 0 Å². The lowest BCUT2D eigenvalue weighted by molar-refractivity contribution is 0.416. The largest absolute Gasteiger partial charge is 0.495 e. The molecule has 0 radical (unpaired) electrons. The summed E-state index contributed by atoms with van der Waals surface area (Å²) >= 11 is 0. The van der Waals surface area contributed by atoms with Crippen molar-refractivity contribution in [3.63, 3.8) is 0 Å². The van der Waals surface area contributed by atoms with E-state index >= 15 is 0 Å². The lowest BCUT2D eigenvalue weighted by Crippen LogP contribution is -2.07. The number of benzene rings is 1. The Kier molecular flexibility index (Phi) is 2.96. The molecule has 1 aliphatic carbocycles. The molecule has 0 saturated heterocycles. The monoisotopic (exact) mass is 231 g/mol. The molecule has 1 aromatic carbocycles. The Labute approximate surface area is 103 Å². The molecule has 1 atom stereocenters. The minimum Gasteiger partial charge on any atom is -0.495 e. The summed E-state index contributed by atoms with van der Waals surface area (Å²) in [5, 5.41) is 3.52. The van der Waals surface area contributed by atoms with Gasteiger partial charge in [0.1, 0.15) is 5.75 Å². The second-order valence-corrected chi connectivity index (χ2v) is 5.39. The fourth-order valence-electron chi connectivity index (χ4n) is 3.44. The van der Waals surface area contributed by atoms with Crippen molar-refractivity contribution < 1.29 is 4.74 Å².